The minimum atomic E-state index is -0.433. The third-order valence-electron chi connectivity index (χ3n) is 5.36. The summed E-state index contributed by atoms with van der Waals surface area (Å²) in [6.07, 6.45) is 4.87. The lowest BCUT2D eigenvalue weighted by Gasteiger charge is -2.08. The summed E-state index contributed by atoms with van der Waals surface area (Å²) in [6, 6.07) is 2.06. The molecule has 4 rings (SSSR count). The van der Waals surface area contributed by atoms with Crippen LogP contribution in [-0.4, -0.2) is 33.8 Å². The Hall–Kier alpha value is -2.74. The number of methoxy groups -OCH3 is 1. The first-order valence-corrected chi connectivity index (χ1v) is 10.6. The van der Waals surface area contributed by atoms with Gasteiger partial charge >= 0.3 is 5.97 Å². The van der Waals surface area contributed by atoms with E-state index in [0.717, 1.165) is 27.2 Å². The zero-order chi connectivity index (χ0) is 20.7. The predicted molar refractivity (Wildman–Crippen MR) is 113 cm³/mol. The first-order valence-electron chi connectivity index (χ1n) is 9.77. The summed E-state index contributed by atoms with van der Waals surface area (Å²) in [5, 5.41) is 9.02. The number of anilines is 1. The van der Waals surface area contributed by atoms with E-state index >= 15 is 0 Å². The third-order valence-corrected chi connectivity index (χ3v) is 6.42. The van der Waals surface area contributed by atoms with Crippen molar-refractivity contribution in [2.24, 2.45) is 0 Å². The lowest BCUT2D eigenvalue weighted by Crippen LogP contribution is -2.20. The van der Waals surface area contributed by atoms with E-state index in [1.165, 1.54) is 36.9 Å². The van der Waals surface area contributed by atoms with Crippen LogP contribution in [0, 0.1) is 13.8 Å². The largest absolute Gasteiger partial charge is 0.465 e. The van der Waals surface area contributed by atoms with E-state index in [4.69, 9.17) is 4.74 Å². The highest BCUT2D eigenvalue weighted by Gasteiger charge is 2.28. The van der Waals surface area contributed by atoms with Crippen LogP contribution in [0.25, 0.3) is 11.0 Å². The number of hydrogen-bond donors (Lipinski definition) is 1. The van der Waals surface area contributed by atoms with Crippen molar-refractivity contribution in [1.82, 2.24) is 14.8 Å². The lowest BCUT2D eigenvalue weighted by atomic mass is 10.1. The molecule has 0 saturated heterocycles. The summed E-state index contributed by atoms with van der Waals surface area (Å²) in [5.74, 6) is -0.102. The minimum Gasteiger partial charge on any atom is -0.465 e. The van der Waals surface area contributed by atoms with Crippen LogP contribution in [0.4, 0.5) is 5.00 Å². The number of fused-ring (bicyclic) bond motifs is 1. The SMILES string of the molecule is CCc1c(C)sc(NC(=O)Cn2nc(C)c3c(C4CC4)ccnc32)c1C(=O)OC. The van der Waals surface area contributed by atoms with Crippen molar-refractivity contribution in [3.05, 3.63) is 39.5 Å². The molecule has 1 fully saturated rings. The minimum absolute atomic E-state index is 0.0322. The fraction of sp³-hybridized carbons (Fsp3) is 0.429. The van der Waals surface area contributed by atoms with E-state index in [9.17, 15) is 9.59 Å². The maximum atomic E-state index is 12.8. The molecule has 3 aromatic rings. The van der Waals surface area contributed by atoms with E-state index in [1.54, 1.807) is 10.9 Å². The Balaban J connectivity index is 1.62. The van der Waals surface area contributed by atoms with Crippen LogP contribution in [0.3, 0.4) is 0 Å². The molecule has 1 aliphatic carbocycles. The smallest absolute Gasteiger partial charge is 0.341 e. The van der Waals surface area contributed by atoms with Crippen molar-refractivity contribution < 1.29 is 14.3 Å². The van der Waals surface area contributed by atoms with Gasteiger partial charge in [0.25, 0.3) is 0 Å². The van der Waals surface area contributed by atoms with Crippen LogP contribution >= 0.6 is 11.3 Å². The summed E-state index contributed by atoms with van der Waals surface area (Å²) in [7, 11) is 1.35. The van der Waals surface area contributed by atoms with Gasteiger partial charge in [0.05, 0.1) is 18.4 Å². The molecule has 1 aliphatic rings. The van der Waals surface area contributed by atoms with Gasteiger partial charge in [0.1, 0.15) is 11.5 Å². The van der Waals surface area contributed by atoms with Crippen molar-refractivity contribution >= 4 is 39.2 Å². The Morgan fingerprint density at radius 3 is 2.76 bits per heavy atom. The van der Waals surface area contributed by atoms with Crippen molar-refractivity contribution in [2.75, 3.05) is 12.4 Å². The first kappa shape index (κ1) is 19.6. The number of aryl methyl sites for hydroxylation is 2. The molecule has 0 aromatic carbocycles. The molecular formula is C21H24N4O3S. The molecule has 0 unspecified atom stereocenters. The Kier molecular flexibility index (Phi) is 5.12. The number of rotatable bonds is 6. The van der Waals surface area contributed by atoms with Gasteiger partial charge < -0.3 is 10.1 Å². The number of esters is 1. The van der Waals surface area contributed by atoms with Crippen LogP contribution in [0.1, 0.15) is 57.7 Å². The van der Waals surface area contributed by atoms with Gasteiger partial charge in [-0.25, -0.2) is 14.5 Å². The standard InChI is InChI=1S/C21H24N4O3S/c1-5-14-12(3)29-20(18(14)21(27)28-4)23-16(26)10-25-19-17(11(2)24-25)15(8-9-22-19)13-6-7-13/h8-9,13H,5-7,10H2,1-4H3,(H,23,26). The first-order chi connectivity index (χ1) is 13.9. The summed E-state index contributed by atoms with van der Waals surface area (Å²) in [5.41, 5.74) is 4.24. The summed E-state index contributed by atoms with van der Waals surface area (Å²) >= 11 is 1.39. The molecule has 1 amide bonds. The molecule has 7 nitrogen and oxygen atoms in total. The number of thiophene rings is 1. The zero-order valence-corrected chi connectivity index (χ0v) is 17.9. The van der Waals surface area contributed by atoms with Crippen LogP contribution in [0.15, 0.2) is 12.3 Å². The van der Waals surface area contributed by atoms with Crippen molar-refractivity contribution in [3.63, 3.8) is 0 Å². The molecule has 1 N–H and O–H groups in total. The normalized spacial score (nSPS) is 13.7. The number of carbonyl (C=O) groups excluding carboxylic acids is 2. The Labute approximate surface area is 173 Å². The van der Waals surface area contributed by atoms with Gasteiger partial charge in [-0.1, -0.05) is 6.92 Å². The van der Waals surface area contributed by atoms with Crippen molar-refractivity contribution in [2.45, 2.75) is 52.5 Å². The van der Waals surface area contributed by atoms with Gasteiger partial charge in [-0.05, 0) is 56.2 Å². The van der Waals surface area contributed by atoms with Gasteiger partial charge in [-0.2, -0.15) is 5.10 Å². The average Bonchev–Trinajstić information content (AvgIpc) is 3.43. The van der Waals surface area contributed by atoms with Crippen LogP contribution < -0.4 is 5.32 Å². The highest BCUT2D eigenvalue weighted by molar-refractivity contribution is 7.16. The van der Waals surface area contributed by atoms with Gasteiger partial charge in [-0.15, -0.1) is 11.3 Å². The molecule has 152 valence electrons. The second-order valence-electron chi connectivity index (χ2n) is 7.35. The topological polar surface area (TPSA) is 86.1 Å². The second-order valence-corrected chi connectivity index (χ2v) is 8.58. The predicted octanol–water partition coefficient (Wildman–Crippen LogP) is 3.97. The van der Waals surface area contributed by atoms with Gasteiger partial charge in [0, 0.05) is 16.5 Å². The van der Waals surface area contributed by atoms with Crippen LogP contribution in [-0.2, 0) is 22.5 Å². The molecule has 8 heteroatoms. The van der Waals surface area contributed by atoms with E-state index in [-0.39, 0.29) is 12.5 Å². The average molecular weight is 413 g/mol. The highest BCUT2D eigenvalue weighted by Crippen LogP contribution is 2.43. The van der Waals surface area contributed by atoms with Crippen LogP contribution in [0.5, 0.6) is 0 Å². The Bertz CT molecular complexity index is 1110. The number of nitrogens with one attached hydrogen (secondary N) is 1. The zero-order valence-electron chi connectivity index (χ0n) is 17.0. The number of aromatic nitrogens is 3. The molecule has 1 saturated carbocycles. The van der Waals surface area contributed by atoms with Crippen LogP contribution in [0.2, 0.25) is 0 Å². The number of hydrogen-bond acceptors (Lipinski definition) is 6. The van der Waals surface area contributed by atoms with E-state index < -0.39 is 5.97 Å². The molecule has 3 heterocycles. The van der Waals surface area contributed by atoms with Crippen molar-refractivity contribution in [3.8, 4) is 0 Å². The number of carbonyl (C=O) groups is 2. The number of amides is 1. The quantitative estimate of drug-likeness (QED) is 0.619. The summed E-state index contributed by atoms with van der Waals surface area (Å²) in [4.78, 5) is 30.5. The van der Waals surface area contributed by atoms with Gasteiger partial charge in [0.15, 0.2) is 5.65 Å². The molecule has 29 heavy (non-hydrogen) atoms. The summed E-state index contributed by atoms with van der Waals surface area (Å²) in [6.45, 7) is 5.91. The molecule has 0 bridgehead atoms. The third kappa shape index (κ3) is 3.53. The van der Waals surface area contributed by atoms with Gasteiger partial charge in [0.2, 0.25) is 5.91 Å². The number of nitrogens with zero attached hydrogens (tertiary/aromatic N) is 3. The molecule has 0 aliphatic heterocycles. The van der Waals surface area contributed by atoms with E-state index in [2.05, 4.69) is 21.5 Å². The molecule has 3 aromatic heterocycles. The van der Waals surface area contributed by atoms with E-state index in [0.29, 0.717) is 22.9 Å². The van der Waals surface area contributed by atoms with Gasteiger partial charge in [-0.3, -0.25) is 4.79 Å². The number of pyridine rings is 1. The maximum absolute atomic E-state index is 12.8. The Morgan fingerprint density at radius 1 is 1.34 bits per heavy atom. The molecule has 0 spiro atoms. The molecular weight excluding hydrogens is 388 g/mol. The molecule has 0 atom stereocenters. The highest BCUT2D eigenvalue weighted by atomic mass is 32.1. The fourth-order valence-corrected chi connectivity index (χ4v) is 5.02. The fourth-order valence-electron chi connectivity index (χ4n) is 3.87. The van der Waals surface area contributed by atoms with E-state index in [1.807, 2.05) is 20.8 Å². The Morgan fingerprint density at radius 2 is 2.10 bits per heavy atom. The number of ether oxygens (including phenoxy) is 1. The second kappa shape index (κ2) is 7.59. The summed E-state index contributed by atoms with van der Waals surface area (Å²) < 4.78 is 6.57. The maximum Gasteiger partial charge on any atom is 0.341 e. The lowest BCUT2D eigenvalue weighted by molar-refractivity contribution is -0.116. The van der Waals surface area contributed by atoms with Crippen molar-refractivity contribution in [1.29, 1.82) is 0 Å². The monoisotopic (exact) mass is 412 g/mol. The molecule has 0 radical (unpaired) electrons.